The lowest BCUT2D eigenvalue weighted by molar-refractivity contribution is 0.377. The van der Waals surface area contributed by atoms with Crippen LogP contribution in [0.4, 0.5) is 0 Å². The van der Waals surface area contributed by atoms with Gasteiger partial charge in [-0.1, -0.05) is 13.8 Å². The monoisotopic (exact) mass is 113 g/mol. The Kier molecular flexibility index (Phi) is 1.90. The molecule has 1 aliphatic heterocycles. The molecule has 0 amide bonds. The van der Waals surface area contributed by atoms with E-state index in [2.05, 4.69) is 18.7 Å². The first-order valence-corrected chi connectivity index (χ1v) is 3.62. The SMILES string of the molecule is CCC(CC)N1CC1. The second kappa shape index (κ2) is 2.49. The lowest BCUT2D eigenvalue weighted by atomic mass is 10.2. The fourth-order valence-corrected chi connectivity index (χ4v) is 1.23. The van der Waals surface area contributed by atoms with Gasteiger partial charge in [0.1, 0.15) is 0 Å². The standard InChI is InChI=1S/C7H15N/c1-3-7(4-2)8-5-6-8/h7H,3-6H2,1-2H3. The Labute approximate surface area is 51.7 Å². The zero-order valence-electron chi connectivity index (χ0n) is 5.85. The maximum atomic E-state index is 2.53. The summed E-state index contributed by atoms with van der Waals surface area (Å²) in [5.74, 6) is 0. The highest BCUT2D eigenvalue weighted by Crippen LogP contribution is 2.15. The zero-order chi connectivity index (χ0) is 5.98. The zero-order valence-corrected chi connectivity index (χ0v) is 5.85. The van der Waals surface area contributed by atoms with Gasteiger partial charge in [-0.05, 0) is 12.8 Å². The van der Waals surface area contributed by atoms with Gasteiger partial charge in [0.05, 0.1) is 0 Å². The van der Waals surface area contributed by atoms with Crippen LogP contribution in [0.2, 0.25) is 0 Å². The van der Waals surface area contributed by atoms with Crippen molar-refractivity contribution in [1.29, 1.82) is 0 Å². The van der Waals surface area contributed by atoms with Gasteiger partial charge in [-0.15, -0.1) is 0 Å². The maximum Gasteiger partial charge on any atom is 0.0113 e. The largest absolute Gasteiger partial charge is 0.298 e. The second-order valence-electron chi connectivity index (χ2n) is 2.51. The third-order valence-corrected chi connectivity index (χ3v) is 1.94. The van der Waals surface area contributed by atoms with Gasteiger partial charge < -0.3 is 0 Å². The minimum atomic E-state index is 0.898. The normalized spacial score (nSPS) is 19.9. The molecule has 1 aliphatic rings. The molecule has 0 saturated carbocycles. The first-order chi connectivity index (χ1) is 3.88. The predicted molar refractivity (Wildman–Crippen MR) is 35.9 cm³/mol. The quantitative estimate of drug-likeness (QED) is 0.501. The topological polar surface area (TPSA) is 3.01 Å². The first-order valence-electron chi connectivity index (χ1n) is 3.62. The minimum Gasteiger partial charge on any atom is -0.298 e. The molecule has 0 atom stereocenters. The Hall–Kier alpha value is -0.0400. The van der Waals surface area contributed by atoms with Crippen molar-refractivity contribution in [3.05, 3.63) is 0 Å². The van der Waals surface area contributed by atoms with Gasteiger partial charge in [-0.25, -0.2) is 0 Å². The lowest BCUT2D eigenvalue weighted by Crippen LogP contribution is -2.15. The Bertz CT molecular complexity index is 62.8. The summed E-state index contributed by atoms with van der Waals surface area (Å²) in [5.41, 5.74) is 0. The van der Waals surface area contributed by atoms with E-state index in [1.165, 1.54) is 25.9 Å². The molecule has 0 unspecified atom stereocenters. The second-order valence-corrected chi connectivity index (χ2v) is 2.51. The molecule has 0 aromatic rings. The molecule has 0 N–H and O–H groups in total. The smallest absolute Gasteiger partial charge is 0.0113 e. The van der Waals surface area contributed by atoms with Gasteiger partial charge in [-0.2, -0.15) is 0 Å². The van der Waals surface area contributed by atoms with Gasteiger partial charge in [0, 0.05) is 19.1 Å². The summed E-state index contributed by atoms with van der Waals surface area (Å²) in [5, 5.41) is 0. The van der Waals surface area contributed by atoms with Crippen molar-refractivity contribution < 1.29 is 0 Å². The Morgan fingerprint density at radius 3 is 1.88 bits per heavy atom. The van der Waals surface area contributed by atoms with Crippen LogP contribution in [0.5, 0.6) is 0 Å². The summed E-state index contributed by atoms with van der Waals surface area (Å²) in [7, 11) is 0. The predicted octanol–water partition coefficient (Wildman–Crippen LogP) is 1.49. The molecule has 0 radical (unpaired) electrons. The Balaban J connectivity index is 2.15. The fourth-order valence-electron chi connectivity index (χ4n) is 1.23. The highest BCUT2D eigenvalue weighted by atomic mass is 15.3. The Morgan fingerprint density at radius 1 is 1.25 bits per heavy atom. The van der Waals surface area contributed by atoms with Crippen molar-refractivity contribution in [3.8, 4) is 0 Å². The van der Waals surface area contributed by atoms with E-state index in [1.807, 2.05) is 0 Å². The molecular weight excluding hydrogens is 98.1 g/mol. The molecule has 0 aromatic carbocycles. The molecule has 1 heteroatoms. The van der Waals surface area contributed by atoms with Gasteiger partial charge in [0.25, 0.3) is 0 Å². The van der Waals surface area contributed by atoms with Crippen LogP contribution in [-0.2, 0) is 0 Å². The van der Waals surface area contributed by atoms with Crippen LogP contribution in [0.1, 0.15) is 26.7 Å². The van der Waals surface area contributed by atoms with Gasteiger partial charge in [-0.3, -0.25) is 4.90 Å². The number of nitrogens with zero attached hydrogens (tertiary/aromatic N) is 1. The van der Waals surface area contributed by atoms with Crippen LogP contribution in [-0.4, -0.2) is 24.0 Å². The van der Waals surface area contributed by atoms with Crippen LogP contribution >= 0.6 is 0 Å². The molecule has 0 aliphatic carbocycles. The average molecular weight is 113 g/mol. The van der Waals surface area contributed by atoms with Crippen LogP contribution < -0.4 is 0 Å². The third-order valence-electron chi connectivity index (χ3n) is 1.94. The van der Waals surface area contributed by atoms with Gasteiger partial charge in [0.15, 0.2) is 0 Å². The summed E-state index contributed by atoms with van der Waals surface area (Å²) in [4.78, 5) is 2.53. The molecule has 8 heavy (non-hydrogen) atoms. The number of hydrogen-bond donors (Lipinski definition) is 0. The van der Waals surface area contributed by atoms with E-state index in [0.717, 1.165) is 6.04 Å². The van der Waals surface area contributed by atoms with Crippen LogP contribution in [0.25, 0.3) is 0 Å². The van der Waals surface area contributed by atoms with E-state index < -0.39 is 0 Å². The van der Waals surface area contributed by atoms with Gasteiger partial charge in [0.2, 0.25) is 0 Å². The summed E-state index contributed by atoms with van der Waals surface area (Å²) in [6.45, 7) is 7.25. The molecule has 0 bridgehead atoms. The van der Waals surface area contributed by atoms with E-state index >= 15 is 0 Å². The molecule has 48 valence electrons. The highest BCUT2D eigenvalue weighted by Gasteiger charge is 2.23. The number of rotatable bonds is 3. The fraction of sp³-hybridized carbons (Fsp3) is 1.00. The van der Waals surface area contributed by atoms with Crippen molar-refractivity contribution in [2.24, 2.45) is 0 Å². The highest BCUT2D eigenvalue weighted by molar-refractivity contribution is 4.79. The molecule has 1 nitrogen and oxygen atoms in total. The van der Waals surface area contributed by atoms with Crippen LogP contribution in [0.3, 0.4) is 0 Å². The summed E-state index contributed by atoms with van der Waals surface area (Å²) in [6.07, 6.45) is 2.66. The summed E-state index contributed by atoms with van der Waals surface area (Å²) < 4.78 is 0. The van der Waals surface area contributed by atoms with Crippen molar-refractivity contribution in [3.63, 3.8) is 0 Å². The molecule has 1 fully saturated rings. The molecule has 1 heterocycles. The summed E-state index contributed by atoms with van der Waals surface area (Å²) in [6, 6.07) is 0.898. The third kappa shape index (κ3) is 1.22. The molecule has 0 spiro atoms. The van der Waals surface area contributed by atoms with Crippen molar-refractivity contribution in [2.45, 2.75) is 32.7 Å². The molecular formula is C7H15N. The Morgan fingerprint density at radius 2 is 1.75 bits per heavy atom. The van der Waals surface area contributed by atoms with Crippen molar-refractivity contribution in [1.82, 2.24) is 4.90 Å². The van der Waals surface area contributed by atoms with E-state index in [-0.39, 0.29) is 0 Å². The minimum absolute atomic E-state index is 0.898. The van der Waals surface area contributed by atoms with Crippen LogP contribution in [0, 0.1) is 0 Å². The first kappa shape index (κ1) is 6.09. The maximum absolute atomic E-state index is 2.53. The molecule has 1 saturated heterocycles. The molecule has 0 aromatic heterocycles. The van der Waals surface area contributed by atoms with Crippen LogP contribution in [0.15, 0.2) is 0 Å². The van der Waals surface area contributed by atoms with E-state index in [9.17, 15) is 0 Å². The number of hydrogen-bond acceptors (Lipinski definition) is 1. The van der Waals surface area contributed by atoms with E-state index in [1.54, 1.807) is 0 Å². The molecule has 1 rings (SSSR count). The average Bonchev–Trinajstić information content (AvgIpc) is 2.53. The van der Waals surface area contributed by atoms with Crippen molar-refractivity contribution >= 4 is 0 Å². The van der Waals surface area contributed by atoms with E-state index in [4.69, 9.17) is 0 Å². The summed E-state index contributed by atoms with van der Waals surface area (Å²) >= 11 is 0. The van der Waals surface area contributed by atoms with E-state index in [0.29, 0.717) is 0 Å². The van der Waals surface area contributed by atoms with Crippen molar-refractivity contribution in [2.75, 3.05) is 13.1 Å². The lowest BCUT2D eigenvalue weighted by Gasteiger charge is -2.11. The van der Waals surface area contributed by atoms with Gasteiger partial charge >= 0.3 is 0 Å².